The molecule has 1 aromatic carbocycles. The van der Waals surface area contributed by atoms with Crippen molar-refractivity contribution in [2.24, 2.45) is 0 Å². The van der Waals surface area contributed by atoms with Crippen LogP contribution in [0.5, 0.6) is 0 Å². The smallest absolute Gasteiger partial charge is 0.252 e. The molecule has 106 valence electrons. The minimum atomic E-state index is -2.90. The van der Waals surface area contributed by atoms with Gasteiger partial charge in [0.1, 0.15) is 9.84 Å². The molecule has 1 saturated heterocycles. The molecule has 1 fully saturated rings. The number of benzene rings is 1. The van der Waals surface area contributed by atoms with Crippen LogP contribution in [0.15, 0.2) is 30.5 Å². The highest BCUT2D eigenvalue weighted by Gasteiger charge is 2.25. The van der Waals surface area contributed by atoms with Gasteiger partial charge in [-0.15, -0.1) is 0 Å². The van der Waals surface area contributed by atoms with Crippen LogP contribution in [0.25, 0.3) is 10.9 Å². The Morgan fingerprint density at radius 2 is 1.95 bits per heavy atom. The van der Waals surface area contributed by atoms with Crippen LogP contribution in [0.3, 0.4) is 0 Å². The number of aromatic amines is 1. The Bertz CT molecular complexity index is 735. The highest BCUT2D eigenvalue weighted by molar-refractivity contribution is 7.91. The Labute approximate surface area is 117 Å². The summed E-state index contributed by atoms with van der Waals surface area (Å²) < 4.78 is 22.8. The van der Waals surface area contributed by atoms with Gasteiger partial charge in [-0.3, -0.25) is 4.79 Å². The summed E-state index contributed by atoms with van der Waals surface area (Å²) in [6.45, 7) is 0. The van der Waals surface area contributed by atoms with Crippen molar-refractivity contribution >= 4 is 26.6 Å². The minimum Gasteiger partial charge on any atom is -0.361 e. The molecule has 2 heterocycles. The third kappa shape index (κ3) is 2.56. The van der Waals surface area contributed by atoms with Crippen LogP contribution in [0.2, 0.25) is 0 Å². The van der Waals surface area contributed by atoms with Gasteiger partial charge in [0.05, 0.1) is 11.5 Å². The fourth-order valence-corrected chi connectivity index (χ4v) is 4.07. The van der Waals surface area contributed by atoms with Gasteiger partial charge in [-0.2, -0.15) is 0 Å². The number of sulfone groups is 1. The molecule has 5 nitrogen and oxygen atoms in total. The van der Waals surface area contributed by atoms with Crippen LogP contribution in [0, 0.1) is 0 Å². The van der Waals surface area contributed by atoms with Gasteiger partial charge in [-0.05, 0) is 31.0 Å². The Morgan fingerprint density at radius 3 is 2.70 bits per heavy atom. The highest BCUT2D eigenvalue weighted by atomic mass is 32.2. The highest BCUT2D eigenvalue weighted by Crippen LogP contribution is 2.18. The molecule has 0 bridgehead atoms. The van der Waals surface area contributed by atoms with Crippen LogP contribution in [0.1, 0.15) is 23.2 Å². The average molecular weight is 292 g/mol. The van der Waals surface area contributed by atoms with Crippen molar-refractivity contribution < 1.29 is 13.2 Å². The van der Waals surface area contributed by atoms with E-state index < -0.39 is 9.84 Å². The van der Waals surface area contributed by atoms with Gasteiger partial charge < -0.3 is 10.3 Å². The second kappa shape index (κ2) is 4.94. The summed E-state index contributed by atoms with van der Waals surface area (Å²) in [5.74, 6) is 0.179. The molecule has 1 aromatic heterocycles. The Hall–Kier alpha value is -1.82. The first-order valence-corrected chi connectivity index (χ1v) is 8.45. The lowest BCUT2D eigenvalue weighted by Gasteiger charge is -2.23. The van der Waals surface area contributed by atoms with E-state index in [1.54, 1.807) is 12.3 Å². The van der Waals surface area contributed by atoms with E-state index in [0.717, 1.165) is 10.9 Å². The van der Waals surface area contributed by atoms with Crippen LogP contribution in [-0.2, 0) is 9.84 Å². The van der Waals surface area contributed by atoms with Gasteiger partial charge in [0.2, 0.25) is 0 Å². The van der Waals surface area contributed by atoms with Crippen LogP contribution >= 0.6 is 0 Å². The van der Waals surface area contributed by atoms with E-state index in [2.05, 4.69) is 10.3 Å². The Kier molecular flexibility index (Phi) is 3.25. The standard InChI is InChI=1S/C14H16N2O3S/c17-14(16-10-5-8-20(18,19)9-6-10)12-2-1-3-13-11(12)4-7-15-13/h1-4,7,10,15H,5-6,8-9H2,(H,16,17). The molecule has 2 N–H and O–H groups in total. The fraction of sp³-hybridized carbons (Fsp3) is 0.357. The number of H-pyrrole nitrogens is 1. The summed E-state index contributed by atoms with van der Waals surface area (Å²) in [5.41, 5.74) is 1.54. The van der Waals surface area contributed by atoms with E-state index in [9.17, 15) is 13.2 Å². The van der Waals surface area contributed by atoms with Crippen molar-refractivity contribution in [2.75, 3.05) is 11.5 Å². The molecule has 0 atom stereocenters. The molecule has 1 amide bonds. The molecule has 0 spiro atoms. The van der Waals surface area contributed by atoms with E-state index in [-0.39, 0.29) is 23.5 Å². The lowest BCUT2D eigenvalue weighted by molar-refractivity contribution is 0.0936. The van der Waals surface area contributed by atoms with E-state index >= 15 is 0 Å². The predicted molar refractivity (Wildman–Crippen MR) is 77.4 cm³/mol. The second-order valence-corrected chi connectivity index (χ2v) is 7.45. The van der Waals surface area contributed by atoms with E-state index in [4.69, 9.17) is 0 Å². The lowest BCUT2D eigenvalue weighted by Crippen LogP contribution is -2.40. The number of aromatic nitrogens is 1. The van der Waals surface area contributed by atoms with E-state index in [0.29, 0.717) is 18.4 Å². The molecular formula is C14H16N2O3S. The van der Waals surface area contributed by atoms with Gasteiger partial charge in [-0.25, -0.2) is 8.42 Å². The quantitative estimate of drug-likeness (QED) is 0.880. The van der Waals surface area contributed by atoms with Crippen LogP contribution in [0.4, 0.5) is 0 Å². The number of carbonyl (C=O) groups excluding carboxylic acids is 1. The summed E-state index contributed by atoms with van der Waals surface area (Å²) in [5, 5.41) is 3.82. The van der Waals surface area contributed by atoms with Crippen molar-refractivity contribution in [3.05, 3.63) is 36.0 Å². The molecule has 6 heteroatoms. The largest absolute Gasteiger partial charge is 0.361 e. The molecule has 0 unspecified atom stereocenters. The minimum absolute atomic E-state index is 0.0553. The number of hydrogen-bond acceptors (Lipinski definition) is 3. The van der Waals surface area contributed by atoms with Crippen LogP contribution in [-0.4, -0.2) is 36.9 Å². The number of nitrogens with one attached hydrogen (secondary N) is 2. The van der Waals surface area contributed by atoms with Crippen molar-refractivity contribution in [1.82, 2.24) is 10.3 Å². The molecule has 1 aliphatic heterocycles. The van der Waals surface area contributed by atoms with Gasteiger partial charge >= 0.3 is 0 Å². The zero-order valence-electron chi connectivity index (χ0n) is 10.9. The normalized spacial score (nSPS) is 19.0. The van der Waals surface area contributed by atoms with Gasteiger partial charge in [0.15, 0.2) is 0 Å². The summed E-state index contributed by atoms with van der Waals surface area (Å²) >= 11 is 0. The first kappa shape index (κ1) is 13.2. The topological polar surface area (TPSA) is 79.0 Å². The SMILES string of the molecule is O=C(NC1CCS(=O)(=O)CC1)c1cccc2[nH]ccc12. The molecule has 1 aliphatic rings. The molecule has 2 aromatic rings. The summed E-state index contributed by atoms with van der Waals surface area (Å²) in [4.78, 5) is 15.4. The molecular weight excluding hydrogens is 276 g/mol. The second-order valence-electron chi connectivity index (χ2n) is 5.14. The van der Waals surface area contributed by atoms with Crippen molar-refractivity contribution in [3.63, 3.8) is 0 Å². The maximum absolute atomic E-state index is 12.3. The number of carbonyl (C=O) groups is 1. The molecule has 20 heavy (non-hydrogen) atoms. The first-order chi connectivity index (χ1) is 9.55. The number of fused-ring (bicyclic) bond motifs is 1. The Morgan fingerprint density at radius 1 is 1.20 bits per heavy atom. The molecule has 0 radical (unpaired) electrons. The van der Waals surface area contributed by atoms with E-state index in [1.165, 1.54) is 0 Å². The first-order valence-electron chi connectivity index (χ1n) is 6.62. The van der Waals surface area contributed by atoms with Crippen molar-refractivity contribution in [3.8, 4) is 0 Å². The third-order valence-corrected chi connectivity index (χ3v) is 5.44. The summed E-state index contributed by atoms with van der Waals surface area (Å²) in [6.07, 6.45) is 2.79. The van der Waals surface area contributed by atoms with Crippen LogP contribution < -0.4 is 5.32 Å². The van der Waals surface area contributed by atoms with E-state index in [1.807, 2.05) is 18.2 Å². The summed E-state index contributed by atoms with van der Waals surface area (Å²) in [7, 11) is -2.90. The van der Waals surface area contributed by atoms with Gasteiger partial charge in [-0.1, -0.05) is 6.07 Å². The summed E-state index contributed by atoms with van der Waals surface area (Å²) in [6, 6.07) is 7.35. The van der Waals surface area contributed by atoms with Crippen molar-refractivity contribution in [2.45, 2.75) is 18.9 Å². The predicted octanol–water partition coefficient (Wildman–Crippen LogP) is 1.47. The molecule has 3 rings (SSSR count). The number of amides is 1. The maximum atomic E-state index is 12.3. The fourth-order valence-electron chi connectivity index (χ4n) is 2.58. The molecule has 0 aliphatic carbocycles. The number of hydrogen-bond donors (Lipinski definition) is 2. The van der Waals surface area contributed by atoms with Gasteiger partial charge in [0.25, 0.3) is 5.91 Å². The van der Waals surface area contributed by atoms with Gasteiger partial charge in [0, 0.05) is 28.7 Å². The Balaban J connectivity index is 1.75. The number of rotatable bonds is 2. The maximum Gasteiger partial charge on any atom is 0.252 e. The zero-order valence-corrected chi connectivity index (χ0v) is 11.7. The average Bonchev–Trinajstić information content (AvgIpc) is 2.89. The monoisotopic (exact) mass is 292 g/mol. The molecule has 0 saturated carbocycles. The lowest BCUT2D eigenvalue weighted by atomic mass is 10.1. The van der Waals surface area contributed by atoms with Crippen molar-refractivity contribution in [1.29, 1.82) is 0 Å². The third-order valence-electron chi connectivity index (χ3n) is 3.73. The zero-order chi connectivity index (χ0) is 14.2.